The van der Waals surface area contributed by atoms with Crippen LogP contribution in [0.5, 0.6) is 11.6 Å². The number of nitrogen functional groups attached to an aromatic ring is 1. The van der Waals surface area contributed by atoms with Crippen molar-refractivity contribution < 1.29 is 24.1 Å². The first-order valence-electron chi connectivity index (χ1n) is 10.7. The van der Waals surface area contributed by atoms with Crippen molar-refractivity contribution >= 4 is 27.8 Å². The number of anilines is 1. The maximum absolute atomic E-state index is 10.1. The zero-order valence-corrected chi connectivity index (χ0v) is 18.1. The lowest BCUT2D eigenvalue weighted by Gasteiger charge is -2.25. The number of rotatable bonds is 4. The zero-order chi connectivity index (χ0) is 22.7. The summed E-state index contributed by atoms with van der Waals surface area (Å²) >= 11 is 0. The van der Waals surface area contributed by atoms with Crippen molar-refractivity contribution in [3.05, 3.63) is 48.9 Å². The Morgan fingerprint density at radius 1 is 1.12 bits per heavy atom. The van der Waals surface area contributed by atoms with E-state index in [1.165, 1.54) is 6.33 Å². The normalized spacial score (nSPS) is 26.1. The molecule has 0 saturated carbocycles. The van der Waals surface area contributed by atoms with Crippen molar-refractivity contribution in [1.82, 2.24) is 19.5 Å². The second kappa shape index (κ2) is 7.27. The fourth-order valence-corrected chi connectivity index (χ4v) is 4.56. The molecule has 170 valence electrons. The first kappa shape index (κ1) is 20.2. The average Bonchev–Trinajstić information content (AvgIpc) is 3.43. The van der Waals surface area contributed by atoms with Crippen LogP contribution in [-0.4, -0.2) is 55.3 Å². The van der Waals surface area contributed by atoms with Crippen LogP contribution in [0.3, 0.4) is 0 Å². The van der Waals surface area contributed by atoms with E-state index in [0.29, 0.717) is 22.6 Å². The Bertz CT molecular complexity index is 1360. The van der Waals surface area contributed by atoms with E-state index >= 15 is 0 Å². The van der Waals surface area contributed by atoms with Gasteiger partial charge in [-0.2, -0.15) is 0 Å². The van der Waals surface area contributed by atoms with Gasteiger partial charge in [0.05, 0.1) is 10.9 Å². The third-order valence-electron chi connectivity index (χ3n) is 5.99. The van der Waals surface area contributed by atoms with Crippen LogP contribution in [0, 0.1) is 0 Å². The molecule has 0 bridgehead atoms. The quantitative estimate of drug-likeness (QED) is 0.483. The van der Waals surface area contributed by atoms with Gasteiger partial charge in [0.2, 0.25) is 5.88 Å². The number of aromatic nitrogens is 4. The Morgan fingerprint density at radius 2 is 1.94 bits per heavy atom. The molecular weight excluding hydrogens is 426 g/mol. The van der Waals surface area contributed by atoms with E-state index in [4.69, 9.17) is 24.7 Å². The molecule has 4 atom stereocenters. The van der Waals surface area contributed by atoms with Crippen LogP contribution in [0.2, 0.25) is 0 Å². The van der Waals surface area contributed by atoms with E-state index in [1.807, 2.05) is 42.7 Å². The number of hydrogen-bond acceptors (Lipinski definition) is 9. The Hall–Kier alpha value is -3.47. The molecule has 5 heterocycles. The van der Waals surface area contributed by atoms with Gasteiger partial charge < -0.3 is 34.4 Å². The maximum atomic E-state index is 10.1. The highest BCUT2D eigenvalue weighted by molar-refractivity contribution is 5.81. The van der Waals surface area contributed by atoms with E-state index in [1.54, 1.807) is 18.3 Å². The number of pyridine rings is 1. The zero-order valence-electron chi connectivity index (χ0n) is 18.1. The van der Waals surface area contributed by atoms with E-state index in [9.17, 15) is 5.11 Å². The summed E-state index contributed by atoms with van der Waals surface area (Å²) in [6.45, 7) is 4.01. The van der Waals surface area contributed by atoms with Gasteiger partial charge >= 0.3 is 0 Å². The van der Waals surface area contributed by atoms with Crippen LogP contribution in [-0.2, 0) is 14.2 Å². The Kier molecular flexibility index (Phi) is 4.44. The summed E-state index contributed by atoms with van der Waals surface area (Å²) in [5.74, 6) is 0.270. The second-order valence-electron chi connectivity index (χ2n) is 8.69. The van der Waals surface area contributed by atoms with Gasteiger partial charge in [-0.3, -0.25) is 0 Å². The molecule has 0 aliphatic carbocycles. The van der Waals surface area contributed by atoms with Gasteiger partial charge in [-0.1, -0.05) is 0 Å². The lowest BCUT2D eigenvalue weighted by molar-refractivity contribution is -0.198. The minimum Gasteiger partial charge on any atom is -0.493 e. The highest BCUT2D eigenvalue weighted by Crippen LogP contribution is 2.44. The largest absolute Gasteiger partial charge is 0.493 e. The minimum atomic E-state index is -0.764. The third-order valence-corrected chi connectivity index (χ3v) is 5.99. The number of benzene rings is 1. The highest BCUT2D eigenvalue weighted by atomic mass is 16.8. The summed E-state index contributed by atoms with van der Waals surface area (Å²) in [5.41, 5.74) is 7.13. The summed E-state index contributed by atoms with van der Waals surface area (Å²) in [6.07, 6.45) is 1.51. The molecule has 6 rings (SSSR count). The van der Waals surface area contributed by atoms with Crippen molar-refractivity contribution in [1.29, 1.82) is 0 Å². The van der Waals surface area contributed by atoms with Crippen LogP contribution in [0.15, 0.2) is 48.9 Å². The molecule has 2 fully saturated rings. The van der Waals surface area contributed by atoms with E-state index in [-0.39, 0.29) is 30.8 Å². The fourth-order valence-electron chi connectivity index (χ4n) is 4.56. The number of aromatic hydroxyl groups is 1. The average molecular weight is 449 g/mol. The molecule has 0 amide bonds. The lowest BCUT2D eigenvalue weighted by Crippen LogP contribution is -2.33. The second-order valence-corrected chi connectivity index (χ2v) is 8.69. The molecule has 1 aromatic carbocycles. The van der Waals surface area contributed by atoms with E-state index < -0.39 is 12.0 Å². The number of hydrogen-bond donors (Lipinski definition) is 2. The smallest absolute Gasteiger partial charge is 0.223 e. The summed E-state index contributed by atoms with van der Waals surface area (Å²) in [7, 11) is 0. The van der Waals surface area contributed by atoms with Gasteiger partial charge in [-0.15, -0.1) is 0 Å². The summed E-state index contributed by atoms with van der Waals surface area (Å²) in [6, 6.07) is 11.1. The van der Waals surface area contributed by atoms with Crippen LogP contribution in [0.1, 0.15) is 20.1 Å². The van der Waals surface area contributed by atoms with Crippen molar-refractivity contribution in [2.45, 2.75) is 44.2 Å². The molecule has 0 unspecified atom stereocenters. The molecule has 3 aromatic heterocycles. The van der Waals surface area contributed by atoms with Gasteiger partial charge in [-0.25, -0.2) is 15.0 Å². The van der Waals surface area contributed by atoms with Gasteiger partial charge in [0, 0.05) is 17.6 Å². The molecule has 2 aliphatic heterocycles. The standard InChI is InChI=1S/C23H23N5O5/c1-23(2)32-18-16(10-30-13-5-3-12-4-6-17(24)27-15(12)9-13)31-22(19(18)33-23)28-8-7-14-20(28)25-11-26-21(14)29/h3-9,11,16,18-19,22H,10H2,1-2H3,(H2,24,27)(H,25,26,29)/t16-,18-,19-,22-/m1/s1. The number of ether oxygens (including phenoxy) is 4. The number of nitrogens with zero attached hydrogens (tertiary/aromatic N) is 4. The molecule has 33 heavy (non-hydrogen) atoms. The van der Waals surface area contributed by atoms with Gasteiger partial charge in [0.15, 0.2) is 12.0 Å². The van der Waals surface area contributed by atoms with Crippen molar-refractivity contribution in [3.8, 4) is 11.6 Å². The fraction of sp³-hybridized carbons (Fsp3) is 0.348. The molecule has 0 spiro atoms. The van der Waals surface area contributed by atoms with E-state index in [0.717, 1.165) is 10.9 Å². The Labute approximate surface area is 188 Å². The van der Waals surface area contributed by atoms with Gasteiger partial charge in [-0.05, 0) is 44.2 Å². The molecular formula is C23H23N5O5. The Balaban J connectivity index is 1.27. The molecule has 4 aromatic rings. The summed E-state index contributed by atoms with van der Waals surface area (Å²) in [5, 5.41) is 11.6. The predicted molar refractivity (Wildman–Crippen MR) is 119 cm³/mol. The van der Waals surface area contributed by atoms with E-state index in [2.05, 4.69) is 15.0 Å². The minimum absolute atomic E-state index is 0.0809. The third kappa shape index (κ3) is 3.43. The number of fused-ring (bicyclic) bond motifs is 3. The van der Waals surface area contributed by atoms with Crippen LogP contribution < -0.4 is 10.5 Å². The van der Waals surface area contributed by atoms with Crippen molar-refractivity contribution in [2.75, 3.05) is 12.3 Å². The molecule has 10 heteroatoms. The highest BCUT2D eigenvalue weighted by Gasteiger charge is 2.56. The molecule has 3 N–H and O–H groups in total. The van der Waals surface area contributed by atoms with Crippen LogP contribution in [0.4, 0.5) is 5.82 Å². The van der Waals surface area contributed by atoms with Crippen molar-refractivity contribution in [3.63, 3.8) is 0 Å². The summed E-state index contributed by atoms with van der Waals surface area (Å²) < 4.78 is 26.6. The molecule has 2 saturated heterocycles. The van der Waals surface area contributed by atoms with Gasteiger partial charge in [0.25, 0.3) is 0 Å². The van der Waals surface area contributed by atoms with Crippen LogP contribution in [0.25, 0.3) is 21.9 Å². The Morgan fingerprint density at radius 3 is 2.82 bits per heavy atom. The topological polar surface area (TPSA) is 127 Å². The molecule has 2 aliphatic rings. The number of nitrogens with two attached hydrogens (primary N) is 1. The lowest BCUT2D eigenvalue weighted by atomic mass is 10.1. The monoisotopic (exact) mass is 449 g/mol. The molecule has 10 nitrogen and oxygen atoms in total. The SMILES string of the molecule is CC1(C)O[C@@H]2[C@H](O1)[C@@H](COc1ccc3ccc(N)nc3c1)O[C@H]2n1ccc2c(O)ncnc21. The first-order chi connectivity index (χ1) is 15.9. The van der Waals surface area contributed by atoms with Gasteiger partial charge in [0.1, 0.15) is 48.5 Å². The first-order valence-corrected chi connectivity index (χ1v) is 10.7. The predicted octanol–water partition coefficient (Wildman–Crippen LogP) is 2.76. The molecule has 0 radical (unpaired) electrons. The van der Waals surface area contributed by atoms with Crippen LogP contribution >= 0.6 is 0 Å². The van der Waals surface area contributed by atoms with Crippen molar-refractivity contribution in [2.24, 2.45) is 0 Å². The summed E-state index contributed by atoms with van der Waals surface area (Å²) in [4.78, 5) is 12.5. The maximum Gasteiger partial charge on any atom is 0.223 e.